The van der Waals surface area contributed by atoms with Gasteiger partial charge in [0.25, 0.3) is 0 Å². The Balaban J connectivity index is 0.0000000932. The van der Waals surface area contributed by atoms with E-state index in [1.165, 1.54) is 90.0 Å². The van der Waals surface area contributed by atoms with Gasteiger partial charge in [-0.3, -0.25) is 0 Å². The Labute approximate surface area is 916 Å². The van der Waals surface area contributed by atoms with E-state index in [2.05, 4.69) is 94.0 Å². The summed E-state index contributed by atoms with van der Waals surface area (Å²) in [5, 5.41) is 14.9. The molecule has 28 nitrogen and oxygen atoms in total. The van der Waals surface area contributed by atoms with Gasteiger partial charge in [0.2, 0.25) is 0 Å². The van der Waals surface area contributed by atoms with Crippen LogP contribution in [0.2, 0.25) is 0 Å². The maximum absolute atomic E-state index is 12.4. The molecular weight excluding hydrogens is 2550 g/mol. The van der Waals surface area contributed by atoms with Gasteiger partial charge in [0.05, 0.1) is 0 Å². The number of Topliss-reactive ketones (excluding diaryl/α,β-unsaturated/α-hetero) is 12. The summed E-state index contributed by atoms with van der Waals surface area (Å²) in [5.74, 6) is -1.78. The number of thiophene rings is 6. The third-order valence-corrected chi connectivity index (χ3v) is 45.6. The van der Waals surface area contributed by atoms with Crippen LogP contribution in [-0.2, 0) is 0 Å². The summed E-state index contributed by atoms with van der Waals surface area (Å²) in [6.07, 6.45) is 43.2. The summed E-state index contributed by atoms with van der Waals surface area (Å²) >= 11 is 5.98. The van der Waals surface area contributed by atoms with Gasteiger partial charge in [0.1, 0.15) is 0 Å². The topological polar surface area (TPSA) is 363 Å². The second-order valence-corrected chi connectivity index (χ2v) is 55.2. The van der Waals surface area contributed by atoms with Gasteiger partial charge in [-0.15, -0.1) is 0 Å². The van der Waals surface area contributed by atoms with Crippen molar-refractivity contribution in [3.8, 4) is 24.8 Å². The fraction of sp³-hybridized carbons (Fsp3) is 0. The molecule has 150 heavy (non-hydrogen) atoms. The molecule has 0 atom stereocenters. The Kier molecular flexibility index (Phi) is 25.9. The van der Waals surface area contributed by atoms with E-state index in [1.807, 2.05) is 154 Å². The molecular formula is C110H56N16O12S6Se3Te3. The molecule has 6 aliphatic rings. The van der Waals surface area contributed by atoms with Crippen molar-refractivity contribution < 1.29 is 57.5 Å². The fourth-order valence-corrected chi connectivity index (χ4v) is 36.7. The van der Waals surface area contributed by atoms with E-state index < -0.39 is 61.3 Å². The molecule has 0 radical (unpaired) electrons. The number of pyridine rings is 2. The van der Waals surface area contributed by atoms with Crippen molar-refractivity contribution in [1.82, 2.24) is 77.2 Å². The Morgan fingerprint density at radius 2 is 0.520 bits per heavy atom. The number of carbonyl (C=O) groups excluding carboxylic acids is 12. The van der Waals surface area contributed by atoms with Crippen molar-refractivity contribution >= 4 is 345 Å². The van der Waals surface area contributed by atoms with Gasteiger partial charge in [-0.2, -0.15) is 0 Å². The van der Waals surface area contributed by atoms with E-state index in [4.69, 9.17) is 0 Å². The molecule has 0 amide bonds. The van der Waals surface area contributed by atoms with Gasteiger partial charge in [-0.25, -0.2) is 0 Å². The van der Waals surface area contributed by atoms with Crippen LogP contribution in [0.3, 0.4) is 0 Å². The predicted molar refractivity (Wildman–Crippen MR) is 585 cm³/mol. The Hall–Kier alpha value is -14.7. The molecule has 0 fully saturated rings. The zero-order valence-corrected chi connectivity index (χ0v) is 93.3. The summed E-state index contributed by atoms with van der Waals surface area (Å²) in [7, 11) is 0. The number of carbonyl (C=O) groups is 12. The first-order valence-electron chi connectivity index (χ1n) is 45.2. The molecule has 30 rings (SSSR count). The average Bonchev–Trinajstić information content (AvgIpc) is 1.63. The van der Waals surface area contributed by atoms with E-state index in [0.29, 0.717) is 84.9 Å². The number of allylic oxidation sites excluding steroid dienone is 6. The van der Waals surface area contributed by atoms with Crippen LogP contribution >= 0.6 is 68.0 Å². The average molecular weight is 2610 g/mol. The first kappa shape index (κ1) is 96.2. The Bertz CT molecular complexity index is 8450. The number of fused-ring (bicyclic) bond motifs is 12. The van der Waals surface area contributed by atoms with Crippen molar-refractivity contribution in [1.29, 1.82) is 0 Å². The van der Waals surface area contributed by atoms with Gasteiger partial charge in [0.15, 0.2) is 0 Å². The van der Waals surface area contributed by atoms with Gasteiger partial charge < -0.3 is 0 Å². The third-order valence-electron chi connectivity index (χ3n) is 24.8. The normalized spacial score (nSPS) is 15.4. The summed E-state index contributed by atoms with van der Waals surface area (Å²) < 4.78 is 25.7. The molecule has 6 aliphatic carbocycles. The van der Waals surface area contributed by atoms with Crippen molar-refractivity contribution in [2.24, 2.45) is 0 Å². The number of hydrogen-bond acceptors (Lipinski definition) is 28. The molecule has 40 heteroatoms. The molecule has 720 valence electrons. The van der Waals surface area contributed by atoms with Crippen molar-refractivity contribution in [3.05, 3.63) is 422 Å². The van der Waals surface area contributed by atoms with Crippen molar-refractivity contribution in [2.45, 2.75) is 0 Å². The predicted octanol–water partition coefficient (Wildman–Crippen LogP) is 19.2. The first-order chi connectivity index (χ1) is 73.3. The first-order valence-corrected chi connectivity index (χ1v) is 62.6. The summed E-state index contributed by atoms with van der Waals surface area (Å²) in [5.41, 5.74) is 12.3. The number of ketones is 12. The van der Waals surface area contributed by atoms with Crippen LogP contribution in [0.25, 0.3) is 127 Å². The maximum atomic E-state index is 12.4. The summed E-state index contributed by atoms with van der Waals surface area (Å²) in [6.45, 7) is 0. The second-order valence-electron chi connectivity index (χ2n) is 33.5. The number of aromatic nitrogens is 16. The van der Waals surface area contributed by atoms with Crippen LogP contribution < -0.4 is 0 Å². The molecule has 0 aromatic carbocycles. The molecule has 0 spiro atoms. The van der Waals surface area contributed by atoms with E-state index >= 15 is 0 Å². The van der Waals surface area contributed by atoms with Crippen LogP contribution in [0.5, 0.6) is 0 Å². The molecule has 0 saturated carbocycles. The zero-order chi connectivity index (χ0) is 102. The fourth-order valence-electron chi connectivity index (χ4n) is 17.7. The standard InChI is InChI=1S/C19H10N2O2SSe.C19H10N2O2STe.2C18H9N3O2SSe.2C18H9N3O2STe/c2*22-17-13-5-8-24-19(13)18(23)14(17)9-12-1-2-16(25-12)21-7-4-11-10-20-6-3-15(11)21;22-15-11-4-8-24-17(11)16(23)12(15)9-10-1-2-14(25-10)21-7-3-13-18(21)20-6-5-19-13;22-15-12-4-6-24-17(12)16(23)13(15)7-11-1-2-14(25-11)21-5-3-10-8-19-9-20-18(10)21;22-15-11-4-8-24-17(11)16(23)12(15)9-10-1-2-14(25-10)21-7-3-13-18(21)20-6-5-19-13;22-15-12-4-6-24-17(12)16(23)13(15)7-11-1-2-14(25-11)21-5-3-10-8-19-9-20-18(10)21/h2*1-10H;4*1-9H/b2*14-9+;12-9+;13-7+;12-9+;13-7+. The van der Waals surface area contributed by atoms with E-state index in [1.54, 1.807) is 161 Å². The molecule has 24 aromatic heterocycles. The molecule has 0 unspecified atom stereocenters. The van der Waals surface area contributed by atoms with Crippen LogP contribution in [-0.4, -0.2) is 251 Å². The quantitative estimate of drug-likeness (QED) is 0.0623. The van der Waals surface area contributed by atoms with Gasteiger partial charge >= 0.3 is 926 Å². The minimum absolute atomic E-state index is 0.000472. The summed E-state index contributed by atoms with van der Waals surface area (Å²) in [4.78, 5) is 195. The van der Waals surface area contributed by atoms with Crippen molar-refractivity contribution in [2.75, 3.05) is 0 Å². The minimum atomic E-state index is -0.702. The third kappa shape index (κ3) is 17.7. The van der Waals surface area contributed by atoms with Gasteiger partial charge in [-0.1, -0.05) is 0 Å². The Morgan fingerprint density at radius 1 is 0.233 bits per heavy atom. The van der Waals surface area contributed by atoms with Crippen LogP contribution in [0.15, 0.2) is 335 Å². The van der Waals surface area contributed by atoms with E-state index in [0.717, 1.165) is 99.4 Å². The second kappa shape index (κ2) is 40.3. The molecule has 0 aliphatic heterocycles. The molecule has 0 saturated heterocycles. The summed E-state index contributed by atoms with van der Waals surface area (Å²) in [6, 6.07) is 50.6. The van der Waals surface area contributed by atoms with Gasteiger partial charge in [-0.05, 0) is 0 Å². The molecule has 24 heterocycles. The van der Waals surface area contributed by atoms with Crippen LogP contribution in [0, 0.1) is 0 Å². The van der Waals surface area contributed by atoms with Crippen molar-refractivity contribution in [3.63, 3.8) is 0 Å². The Morgan fingerprint density at radius 3 is 0.907 bits per heavy atom. The SMILES string of the molecule is O=C1/C(=C\c2ccc(-n3ccc4cnccc43)[se]2)C(=O)c2sccc21.O=C1/C(=C\c2ccc(-n3ccc4cnccc43)[te]2)C(=O)c2sccc21.O=C1/C(=C\c2ccc(-n3ccc4cncnc43)[se]2)C(=O)c2sccc21.O=C1/C(=C\c2ccc(-n3ccc4cncnc43)[te]2)C(=O)c2sccc21.O=C1/C(=C\c2ccc(-n3ccc4nccnc43)[se]2)C(=O)c2sccc21.O=C1/C(=C\c2ccc(-n3ccc4nccnc43)[te]2)C(=O)c2sccc21. The zero-order valence-electron chi connectivity index (χ0n) is 76.3. The molecule has 24 aromatic rings. The molecule has 0 N–H and O–H groups in total. The monoisotopic (exact) mass is 2610 g/mol. The van der Waals surface area contributed by atoms with E-state index in [-0.39, 0.29) is 124 Å². The van der Waals surface area contributed by atoms with Gasteiger partial charge in [0, 0.05) is 0 Å². The number of hydrogen-bond donors (Lipinski definition) is 0. The van der Waals surface area contributed by atoms with E-state index in [9.17, 15) is 57.5 Å². The molecule has 0 bridgehead atoms. The number of nitrogens with zero attached hydrogens (tertiary/aromatic N) is 16. The number of rotatable bonds is 12. The van der Waals surface area contributed by atoms with Crippen LogP contribution in [0.1, 0.15) is 144 Å². The van der Waals surface area contributed by atoms with Crippen LogP contribution in [0.4, 0.5) is 0 Å².